The average Bonchev–Trinajstić information content (AvgIpc) is 3.87. The normalized spacial score (nSPS) is 23.5. The van der Waals surface area contributed by atoms with Gasteiger partial charge in [-0.2, -0.15) is 0 Å². The number of aromatic nitrogens is 3. The number of carbonyl (C=O) groups excluding carboxylic acids is 3. The summed E-state index contributed by atoms with van der Waals surface area (Å²) in [7, 11) is 3.27. The molecular weight excluding hydrogens is 827 g/mol. The van der Waals surface area contributed by atoms with E-state index in [0.29, 0.717) is 95.3 Å². The Balaban J connectivity index is 0.929. The summed E-state index contributed by atoms with van der Waals surface area (Å²) in [6.07, 6.45) is 4.73. The lowest BCUT2D eigenvalue weighted by atomic mass is 9.89. The van der Waals surface area contributed by atoms with E-state index in [4.69, 9.17) is 19.3 Å². The molecule has 1 N–H and O–H groups in total. The van der Waals surface area contributed by atoms with Crippen LogP contribution >= 0.6 is 0 Å². The van der Waals surface area contributed by atoms with Crippen molar-refractivity contribution in [2.45, 2.75) is 115 Å². The van der Waals surface area contributed by atoms with Crippen LogP contribution in [0.15, 0.2) is 30.5 Å². The van der Waals surface area contributed by atoms with Gasteiger partial charge < -0.3 is 34.2 Å². The SMILES string of the molecule is CO[C@@H]1CC[C@H]1NC(=O)c1cnc2c(N(C)C(=O)OC(C)(C)C)cc(N3CCc4c(N5CCN(C[C@H]6CCN(C7CCN(C(=O)OC(C)(C)C)CC7)CC6(F)F)CC5)cccc43)nn12. The standard InChI is InChI=1S/C46H66F2N10O6/c1-44(2,3)63-42(60)52(7)36-26-39(51-58-37(27-49-40(36)58)41(59)50-33-12-13-38(33)62-8)57-21-17-32-34(10-9-11-35(32)57)54-24-22-53(23-25-54)28-30-14-18-56(29-46(30,47)48)31-15-19-55(20-16-31)43(61)64-45(4,5)6/h9-11,26-27,30-31,33,38H,12-25,28-29H2,1-8H3,(H,50,59)/t30-,33-,38-/m1/s1. The number of ether oxygens (including phenoxy) is 3. The van der Waals surface area contributed by atoms with E-state index < -0.39 is 29.1 Å². The Morgan fingerprint density at radius 3 is 2.23 bits per heavy atom. The Hall–Kier alpha value is -4.81. The Morgan fingerprint density at radius 1 is 0.891 bits per heavy atom. The summed E-state index contributed by atoms with van der Waals surface area (Å²) in [6.45, 7) is 16.1. The monoisotopic (exact) mass is 893 g/mol. The number of hydrogen-bond acceptors (Lipinski definition) is 12. The highest BCUT2D eigenvalue weighted by atomic mass is 19.3. The fourth-order valence-electron chi connectivity index (χ4n) is 9.78. The smallest absolute Gasteiger partial charge is 0.414 e. The molecule has 0 bridgehead atoms. The molecule has 3 atom stereocenters. The van der Waals surface area contributed by atoms with Crippen LogP contribution in [0, 0.1) is 5.92 Å². The molecule has 4 fully saturated rings. The number of benzene rings is 1. The molecule has 1 aromatic carbocycles. The van der Waals surface area contributed by atoms with E-state index >= 15 is 8.78 Å². The number of imidazole rings is 1. The Kier molecular flexibility index (Phi) is 12.8. The highest BCUT2D eigenvalue weighted by Crippen LogP contribution is 2.42. The van der Waals surface area contributed by atoms with Gasteiger partial charge >= 0.3 is 12.2 Å². The molecule has 0 radical (unpaired) electrons. The van der Waals surface area contributed by atoms with Crippen LogP contribution in [-0.2, 0) is 20.6 Å². The van der Waals surface area contributed by atoms with Gasteiger partial charge in [-0.25, -0.2) is 27.9 Å². The van der Waals surface area contributed by atoms with E-state index in [1.165, 1.54) is 15.6 Å². The van der Waals surface area contributed by atoms with Crippen molar-refractivity contribution >= 4 is 46.6 Å². The number of nitrogens with one attached hydrogen (secondary N) is 1. The van der Waals surface area contributed by atoms with Crippen molar-refractivity contribution in [3.63, 3.8) is 0 Å². The first-order chi connectivity index (χ1) is 30.3. The zero-order valence-electron chi connectivity index (χ0n) is 38.7. The summed E-state index contributed by atoms with van der Waals surface area (Å²) in [6, 6.07) is 7.96. The summed E-state index contributed by atoms with van der Waals surface area (Å²) in [5, 5.41) is 8.05. The maximum absolute atomic E-state index is 15.9. The van der Waals surface area contributed by atoms with Crippen molar-refractivity contribution in [1.29, 1.82) is 0 Å². The van der Waals surface area contributed by atoms with E-state index in [0.717, 1.165) is 36.2 Å². The number of anilines is 4. The van der Waals surface area contributed by atoms with Crippen LogP contribution in [0.3, 0.4) is 0 Å². The number of rotatable bonds is 9. The second-order valence-electron chi connectivity index (χ2n) is 20.1. The predicted molar refractivity (Wildman–Crippen MR) is 240 cm³/mol. The number of likely N-dealkylation sites (tertiary alicyclic amines) is 2. The van der Waals surface area contributed by atoms with Crippen LogP contribution in [-0.4, -0.2) is 162 Å². The molecule has 0 spiro atoms. The number of alkyl halides is 2. The number of piperidine rings is 2. The van der Waals surface area contributed by atoms with E-state index in [2.05, 4.69) is 37.1 Å². The van der Waals surface area contributed by atoms with Crippen molar-refractivity contribution in [2.24, 2.45) is 5.92 Å². The van der Waals surface area contributed by atoms with Crippen molar-refractivity contribution in [2.75, 3.05) is 94.3 Å². The summed E-state index contributed by atoms with van der Waals surface area (Å²) < 4.78 is 50.0. The molecule has 1 aliphatic carbocycles. The van der Waals surface area contributed by atoms with Crippen LogP contribution < -0.4 is 20.0 Å². The molecule has 5 aliphatic rings. The highest BCUT2D eigenvalue weighted by molar-refractivity contribution is 5.97. The maximum Gasteiger partial charge on any atom is 0.414 e. The zero-order valence-corrected chi connectivity index (χ0v) is 38.7. The number of fused-ring (bicyclic) bond motifs is 2. The minimum absolute atomic E-state index is 0.0352. The maximum atomic E-state index is 15.9. The summed E-state index contributed by atoms with van der Waals surface area (Å²) in [5.41, 5.74) is 2.96. The van der Waals surface area contributed by atoms with Gasteiger partial charge in [0.15, 0.2) is 17.2 Å². The number of amides is 3. The van der Waals surface area contributed by atoms with Crippen LogP contribution in [0.5, 0.6) is 0 Å². The number of nitrogens with zero attached hydrogens (tertiary/aromatic N) is 9. The lowest BCUT2D eigenvalue weighted by molar-refractivity contribution is -0.129. The highest BCUT2D eigenvalue weighted by Gasteiger charge is 2.47. The van der Waals surface area contributed by atoms with Gasteiger partial charge in [0, 0.05) is 101 Å². The third-order valence-corrected chi connectivity index (χ3v) is 13.4. The largest absolute Gasteiger partial charge is 0.444 e. The average molecular weight is 893 g/mol. The minimum atomic E-state index is -2.80. The van der Waals surface area contributed by atoms with Gasteiger partial charge in [-0.3, -0.25) is 19.5 Å². The fraction of sp³-hybridized carbons (Fsp3) is 0.674. The molecule has 2 aromatic heterocycles. The second-order valence-corrected chi connectivity index (χ2v) is 20.1. The van der Waals surface area contributed by atoms with Gasteiger partial charge in [0.25, 0.3) is 11.8 Å². The van der Waals surface area contributed by atoms with E-state index in [1.807, 2.05) is 58.6 Å². The van der Waals surface area contributed by atoms with Crippen molar-refractivity contribution < 1.29 is 37.4 Å². The quantitative estimate of drug-likeness (QED) is 0.263. The van der Waals surface area contributed by atoms with Crippen molar-refractivity contribution in [3.8, 4) is 0 Å². The molecule has 18 heteroatoms. The molecule has 16 nitrogen and oxygen atoms in total. The van der Waals surface area contributed by atoms with Gasteiger partial charge in [-0.1, -0.05) is 6.07 Å². The lowest BCUT2D eigenvalue weighted by Crippen LogP contribution is -2.58. The number of carbonyl (C=O) groups is 3. The van der Waals surface area contributed by atoms with Crippen LogP contribution in [0.4, 0.5) is 41.2 Å². The molecule has 3 amide bonds. The molecule has 64 heavy (non-hydrogen) atoms. The zero-order chi connectivity index (χ0) is 45.7. The van der Waals surface area contributed by atoms with Crippen molar-refractivity contribution in [1.82, 2.24) is 34.6 Å². The first-order valence-electron chi connectivity index (χ1n) is 22.9. The molecule has 6 heterocycles. The number of piperazine rings is 1. The number of hydrogen-bond donors (Lipinski definition) is 1. The first kappa shape index (κ1) is 45.7. The Bertz CT molecular complexity index is 2190. The van der Waals surface area contributed by atoms with Gasteiger partial charge in [0.2, 0.25) is 0 Å². The topological polar surface area (TPSA) is 141 Å². The molecule has 8 rings (SSSR count). The van der Waals surface area contributed by atoms with E-state index in [-0.39, 0.29) is 42.4 Å². The van der Waals surface area contributed by atoms with Gasteiger partial charge in [-0.05, 0) is 98.7 Å². The number of halogens is 2. The van der Waals surface area contributed by atoms with Crippen molar-refractivity contribution in [3.05, 3.63) is 41.7 Å². The Labute approximate surface area is 375 Å². The summed E-state index contributed by atoms with van der Waals surface area (Å²) in [5.74, 6) is -3.30. The lowest BCUT2D eigenvalue weighted by Gasteiger charge is -2.46. The predicted octanol–water partition coefficient (Wildman–Crippen LogP) is 6.18. The number of methoxy groups -OCH3 is 1. The van der Waals surface area contributed by atoms with E-state index in [9.17, 15) is 14.4 Å². The van der Waals surface area contributed by atoms with Crippen LogP contribution in [0.2, 0.25) is 0 Å². The molecule has 3 saturated heterocycles. The van der Waals surface area contributed by atoms with Crippen LogP contribution in [0.25, 0.3) is 5.65 Å². The second kappa shape index (κ2) is 17.9. The molecule has 350 valence electrons. The fourth-order valence-corrected chi connectivity index (χ4v) is 9.78. The van der Waals surface area contributed by atoms with Gasteiger partial charge in [-0.15, -0.1) is 5.10 Å². The van der Waals surface area contributed by atoms with Crippen LogP contribution in [0.1, 0.15) is 89.7 Å². The molecular formula is C46H66F2N10O6. The van der Waals surface area contributed by atoms with Gasteiger partial charge in [0.05, 0.1) is 30.6 Å². The summed E-state index contributed by atoms with van der Waals surface area (Å²) in [4.78, 5) is 56.0. The molecule has 1 saturated carbocycles. The van der Waals surface area contributed by atoms with Gasteiger partial charge in [0.1, 0.15) is 11.2 Å². The third kappa shape index (κ3) is 9.74. The Morgan fingerprint density at radius 2 is 1.59 bits per heavy atom. The third-order valence-electron chi connectivity index (χ3n) is 13.4. The minimum Gasteiger partial charge on any atom is -0.444 e. The molecule has 3 aromatic rings. The van der Waals surface area contributed by atoms with E-state index in [1.54, 1.807) is 19.1 Å². The molecule has 4 aliphatic heterocycles. The summed E-state index contributed by atoms with van der Waals surface area (Å²) >= 11 is 0. The molecule has 0 unspecified atom stereocenters. The first-order valence-corrected chi connectivity index (χ1v) is 22.9.